The molecule has 0 unspecified atom stereocenters. The van der Waals surface area contributed by atoms with Crippen LogP contribution in [0, 0.1) is 5.41 Å². The zero-order valence-electron chi connectivity index (χ0n) is 12.3. The normalized spacial score (nSPS) is 11.1. The number of methoxy groups -OCH3 is 1. The van der Waals surface area contributed by atoms with E-state index in [-0.39, 0.29) is 18.5 Å². The Morgan fingerprint density at radius 1 is 1.26 bits per heavy atom. The van der Waals surface area contributed by atoms with Crippen LogP contribution < -0.4 is 15.0 Å². The Balaban J connectivity index is 2.83. The summed E-state index contributed by atoms with van der Waals surface area (Å²) in [6.07, 6.45) is 0. The van der Waals surface area contributed by atoms with Crippen LogP contribution in [0.4, 0.5) is 5.95 Å². The SMILES string of the molecule is COc1nc(CNC(=O)C(C)(C)C)nc(N(C)C)n1. The Labute approximate surface area is 113 Å². The van der Waals surface area contributed by atoms with Gasteiger partial charge in [0.05, 0.1) is 13.7 Å². The lowest BCUT2D eigenvalue weighted by Gasteiger charge is -2.17. The number of rotatable bonds is 4. The first-order valence-corrected chi connectivity index (χ1v) is 5.98. The predicted octanol–water partition coefficient (Wildman–Crippen LogP) is 0.608. The number of aromatic nitrogens is 3. The summed E-state index contributed by atoms with van der Waals surface area (Å²) < 4.78 is 5.02. The van der Waals surface area contributed by atoms with Gasteiger partial charge < -0.3 is 15.0 Å². The average Bonchev–Trinajstić information content (AvgIpc) is 2.34. The van der Waals surface area contributed by atoms with Crippen molar-refractivity contribution in [2.75, 3.05) is 26.1 Å². The highest BCUT2D eigenvalue weighted by molar-refractivity contribution is 5.81. The number of carbonyl (C=O) groups excluding carboxylic acids is 1. The molecule has 1 aromatic rings. The van der Waals surface area contributed by atoms with Gasteiger partial charge in [-0.2, -0.15) is 15.0 Å². The van der Waals surface area contributed by atoms with E-state index in [1.54, 1.807) is 4.90 Å². The van der Waals surface area contributed by atoms with Crippen molar-refractivity contribution in [3.05, 3.63) is 5.82 Å². The third-order valence-corrected chi connectivity index (χ3v) is 2.32. The lowest BCUT2D eigenvalue weighted by atomic mass is 9.96. The van der Waals surface area contributed by atoms with Crippen LogP contribution in [0.3, 0.4) is 0 Å². The second-order valence-electron chi connectivity index (χ2n) is 5.37. The quantitative estimate of drug-likeness (QED) is 0.861. The first-order valence-electron chi connectivity index (χ1n) is 5.98. The van der Waals surface area contributed by atoms with Gasteiger partial charge in [0.15, 0.2) is 5.82 Å². The van der Waals surface area contributed by atoms with Gasteiger partial charge in [0.2, 0.25) is 11.9 Å². The predicted molar refractivity (Wildman–Crippen MR) is 72.0 cm³/mol. The topological polar surface area (TPSA) is 80.2 Å². The molecular weight excluding hydrogens is 246 g/mol. The fourth-order valence-electron chi connectivity index (χ4n) is 1.18. The highest BCUT2D eigenvalue weighted by Crippen LogP contribution is 2.13. The van der Waals surface area contributed by atoms with Gasteiger partial charge in [0, 0.05) is 19.5 Å². The van der Waals surface area contributed by atoms with Crippen molar-refractivity contribution in [1.29, 1.82) is 0 Å². The first kappa shape index (κ1) is 15.1. The molecule has 1 aromatic heterocycles. The fourth-order valence-corrected chi connectivity index (χ4v) is 1.18. The molecule has 0 aliphatic rings. The Bertz CT molecular complexity index is 454. The third-order valence-electron chi connectivity index (χ3n) is 2.32. The second-order valence-corrected chi connectivity index (χ2v) is 5.37. The van der Waals surface area contributed by atoms with Crippen molar-refractivity contribution >= 4 is 11.9 Å². The minimum absolute atomic E-state index is 0.0571. The monoisotopic (exact) mass is 267 g/mol. The molecule has 0 aliphatic carbocycles. The van der Waals surface area contributed by atoms with Crippen molar-refractivity contribution in [1.82, 2.24) is 20.3 Å². The van der Waals surface area contributed by atoms with E-state index in [0.29, 0.717) is 11.8 Å². The molecule has 0 radical (unpaired) electrons. The summed E-state index contributed by atoms with van der Waals surface area (Å²) in [7, 11) is 5.14. The summed E-state index contributed by atoms with van der Waals surface area (Å²) in [5.74, 6) is 0.901. The van der Waals surface area contributed by atoms with Crippen LogP contribution in [-0.4, -0.2) is 42.1 Å². The molecule has 1 heterocycles. The molecule has 0 saturated heterocycles. The molecule has 106 valence electrons. The van der Waals surface area contributed by atoms with E-state index in [0.717, 1.165) is 0 Å². The summed E-state index contributed by atoms with van der Waals surface area (Å²) in [5, 5.41) is 2.79. The van der Waals surface area contributed by atoms with Gasteiger partial charge in [-0.25, -0.2) is 0 Å². The minimum atomic E-state index is -0.443. The Morgan fingerprint density at radius 3 is 2.37 bits per heavy atom. The van der Waals surface area contributed by atoms with Gasteiger partial charge in [0.1, 0.15) is 0 Å². The smallest absolute Gasteiger partial charge is 0.321 e. The van der Waals surface area contributed by atoms with Crippen molar-refractivity contribution in [3.63, 3.8) is 0 Å². The number of nitrogens with zero attached hydrogens (tertiary/aromatic N) is 4. The highest BCUT2D eigenvalue weighted by atomic mass is 16.5. The molecule has 1 amide bonds. The Hall–Kier alpha value is -1.92. The van der Waals surface area contributed by atoms with Gasteiger partial charge in [-0.1, -0.05) is 20.8 Å². The van der Waals surface area contributed by atoms with Crippen LogP contribution in [0.5, 0.6) is 6.01 Å². The summed E-state index contributed by atoms with van der Waals surface area (Å²) >= 11 is 0. The van der Waals surface area contributed by atoms with Crippen LogP contribution in [-0.2, 0) is 11.3 Å². The van der Waals surface area contributed by atoms with Crippen LogP contribution in [0.2, 0.25) is 0 Å². The third kappa shape index (κ3) is 4.35. The molecule has 0 saturated carbocycles. The molecule has 0 aromatic carbocycles. The molecule has 0 spiro atoms. The van der Waals surface area contributed by atoms with Gasteiger partial charge in [0.25, 0.3) is 0 Å². The molecule has 7 nitrogen and oxygen atoms in total. The van der Waals surface area contributed by atoms with E-state index < -0.39 is 5.41 Å². The number of hydrogen-bond acceptors (Lipinski definition) is 6. The van der Waals surface area contributed by atoms with E-state index in [1.165, 1.54) is 7.11 Å². The summed E-state index contributed by atoms with van der Waals surface area (Å²) in [6.45, 7) is 5.79. The van der Waals surface area contributed by atoms with Crippen molar-refractivity contribution in [3.8, 4) is 6.01 Å². The number of nitrogens with one attached hydrogen (secondary N) is 1. The van der Waals surface area contributed by atoms with Gasteiger partial charge in [-0.15, -0.1) is 0 Å². The molecular formula is C12H21N5O2. The van der Waals surface area contributed by atoms with Crippen LogP contribution >= 0.6 is 0 Å². The average molecular weight is 267 g/mol. The maximum Gasteiger partial charge on any atom is 0.321 e. The molecule has 0 aliphatic heterocycles. The van der Waals surface area contributed by atoms with Gasteiger partial charge >= 0.3 is 6.01 Å². The van der Waals surface area contributed by atoms with Crippen molar-refractivity contribution in [2.45, 2.75) is 27.3 Å². The fraction of sp³-hybridized carbons (Fsp3) is 0.667. The van der Waals surface area contributed by atoms with Crippen LogP contribution in [0.1, 0.15) is 26.6 Å². The van der Waals surface area contributed by atoms with Crippen molar-refractivity contribution < 1.29 is 9.53 Å². The second kappa shape index (κ2) is 5.81. The molecule has 0 fully saturated rings. The lowest BCUT2D eigenvalue weighted by molar-refractivity contribution is -0.128. The van der Waals surface area contributed by atoms with E-state index in [2.05, 4.69) is 20.3 Å². The zero-order chi connectivity index (χ0) is 14.6. The molecule has 0 atom stereocenters. The molecule has 1 N–H and O–H groups in total. The molecule has 7 heteroatoms. The Kier molecular flexibility index (Phi) is 4.63. The zero-order valence-corrected chi connectivity index (χ0v) is 12.3. The molecule has 1 rings (SSSR count). The largest absolute Gasteiger partial charge is 0.467 e. The number of carbonyl (C=O) groups is 1. The minimum Gasteiger partial charge on any atom is -0.467 e. The van der Waals surface area contributed by atoms with E-state index >= 15 is 0 Å². The molecule has 0 bridgehead atoms. The van der Waals surface area contributed by atoms with Crippen LogP contribution in [0.15, 0.2) is 0 Å². The Morgan fingerprint density at radius 2 is 1.89 bits per heavy atom. The van der Waals surface area contributed by atoms with E-state index in [1.807, 2.05) is 34.9 Å². The highest BCUT2D eigenvalue weighted by Gasteiger charge is 2.21. The summed E-state index contributed by atoms with van der Waals surface area (Å²) in [4.78, 5) is 26.0. The summed E-state index contributed by atoms with van der Waals surface area (Å²) in [5.41, 5.74) is -0.443. The number of amides is 1. The van der Waals surface area contributed by atoms with E-state index in [9.17, 15) is 4.79 Å². The number of hydrogen-bond donors (Lipinski definition) is 1. The van der Waals surface area contributed by atoms with Gasteiger partial charge in [-0.05, 0) is 0 Å². The first-order chi connectivity index (χ1) is 8.74. The number of ether oxygens (including phenoxy) is 1. The maximum absolute atomic E-state index is 11.8. The lowest BCUT2D eigenvalue weighted by Crippen LogP contribution is -2.34. The van der Waals surface area contributed by atoms with Crippen LogP contribution in [0.25, 0.3) is 0 Å². The number of anilines is 1. The van der Waals surface area contributed by atoms with Gasteiger partial charge in [-0.3, -0.25) is 4.79 Å². The van der Waals surface area contributed by atoms with Crippen molar-refractivity contribution in [2.24, 2.45) is 5.41 Å². The molecule has 19 heavy (non-hydrogen) atoms. The maximum atomic E-state index is 11.8. The summed E-state index contributed by atoms with van der Waals surface area (Å²) in [6, 6.07) is 0.235. The standard InChI is InChI=1S/C12H21N5O2/c1-12(2,3)9(18)13-7-8-14-10(17(4)5)16-11(15-8)19-6/h7H2,1-6H3,(H,13,18). The van der Waals surface area contributed by atoms with E-state index in [4.69, 9.17) is 4.74 Å².